The molecule has 2 heterocycles. The highest BCUT2D eigenvalue weighted by molar-refractivity contribution is 5.75. The van der Waals surface area contributed by atoms with Crippen molar-refractivity contribution in [3.63, 3.8) is 0 Å². The summed E-state index contributed by atoms with van der Waals surface area (Å²) in [5, 5.41) is 7.60. The van der Waals surface area contributed by atoms with E-state index in [1.807, 2.05) is 4.68 Å². The van der Waals surface area contributed by atoms with Crippen LogP contribution in [0.4, 0.5) is 0 Å². The Balaban J connectivity index is 1.39. The minimum Gasteiger partial charge on any atom is -0.353 e. The fourth-order valence-corrected chi connectivity index (χ4v) is 3.45. The van der Waals surface area contributed by atoms with E-state index in [1.165, 1.54) is 17.7 Å². The third kappa shape index (κ3) is 4.54. The van der Waals surface area contributed by atoms with E-state index in [-0.39, 0.29) is 5.91 Å². The summed E-state index contributed by atoms with van der Waals surface area (Å²) in [6.07, 6.45) is 5.42. The second-order valence-corrected chi connectivity index (χ2v) is 7.14. The van der Waals surface area contributed by atoms with Gasteiger partial charge in [-0.2, -0.15) is 5.10 Å². The van der Waals surface area contributed by atoms with Crippen molar-refractivity contribution in [2.45, 2.75) is 32.7 Å². The van der Waals surface area contributed by atoms with Gasteiger partial charge in [0.1, 0.15) is 6.54 Å². The molecule has 1 unspecified atom stereocenters. The summed E-state index contributed by atoms with van der Waals surface area (Å²) in [4.78, 5) is 16.8. The quantitative estimate of drug-likeness (QED) is 0.852. The minimum absolute atomic E-state index is 0.0621. The van der Waals surface area contributed by atoms with Crippen molar-refractivity contribution >= 4 is 5.91 Å². The van der Waals surface area contributed by atoms with Crippen LogP contribution in [-0.4, -0.2) is 71.8 Å². The number of amides is 1. The van der Waals surface area contributed by atoms with Gasteiger partial charge in [-0.3, -0.25) is 14.4 Å². The molecule has 1 saturated heterocycles. The van der Waals surface area contributed by atoms with E-state index in [1.54, 1.807) is 0 Å². The van der Waals surface area contributed by atoms with Gasteiger partial charge in [-0.1, -0.05) is 6.92 Å². The number of hydrogen-bond donors (Lipinski definition) is 1. The summed E-state index contributed by atoms with van der Waals surface area (Å²) < 4.78 is 1.81. The molecule has 0 saturated carbocycles. The van der Waals surface area contributed by atoms with E-state index in [0.717, 1.165) is 58.0 Å². The van der Waals surface area contributed by atoms with E-state index in [9.17, 15) is 4.79 Å². The SMILES string of the molecule is CC1CCc2nn(CC(=O)NCCN3CCN(C)CC3)cc2C1. The zero-order valence-electron chi connectivity index (χ0n) is 14.4. The molecule has 6 heteroatoms. The Kier molecular flexibility index (Phi) is 5.33. The highest BCUT2D eigenvalue weighted by Crippen LogP contribution is 2.23. The Labute approximate surface area is 138 Å². The van der Waals surface area contributed by atoms with Crippen LogP contribution in [0.2, 0.25) is 0 Å². The maximum Gasteiger partial charge on any atom is 0.241 e. The van der Waals surface area contributed by atoms with E-state index < -0.39 is 0 Å². The van der Waals surface area contributed by atoms with Crippen molar-refractivity contribution in [2.24, 2.45) is 5.92 Å². The van der Waals surface area contributed by atoms with Gasteiger partial charge >= 0.3 is 0 Å². The minimum atomic E-state index is 0.0621. The van der Waals surface area contributed by atoms with E-state index in [4.69, 9.17) is 0 Å². The van der Waals surface area contributed by atoms with Gasteiger partial charge in [-0.25, -0.2) is 0 Å². The highest BCUT2D eigenvalue weighted by Gasteiger charge is 2.19. The molecule has 6 nitrogen and oxygen atoms in total. The molecule has 3 rings (SSSR count). The molecule has 0 aromatic carbocycles. The van der Waals surface area contributed by atoms with Crippen LogP contribution in [0.15, 0.2) is 6.20 Å². The first-order chi connectivity index (χ1) is 11.1. The molecule has 1 fully saturated rings. The first-order valence-electron chi connectivity index (χ1n) is 8.83. The second-order valence-electron chi connectivity index (χ2n) is 7.14. The molecular weight excluding hydrogens is 290 g/mol. The van der Waals surface area contributed by atoms with Crippen LogP contribution < -0.4 is 5.32 Å². The normalized spacial score (nSPS) is 22.8. The van der Waals surface area contributed by atoms with E-state index in [2.05, 4.69) is 40.4 Å². The van der Waals surface area contributed by atoms with Crippen molar-refractivity contribution < 1.29 is 4.79 Å². The fraction of sp³-hybridized carbons (Fsp3) is 0.765. The Morgan fingerprint density at radius 1 is 1.35 bits per heavy atom. The van der Waals surface area contributed by atoms with Crippen LogP contribution in [0.1, 0.15) is 24.6 Å². The number of rotatable bonds is 5. The molecule has 0 spiro atoms. The van der Waals surface area contributed by atoms with Crippen molar-refractivity contribution in [2.75, 3.05) is 46.3 Å². The number of carbonyl (C=O) groups is 1. The summed E-state index contributed by atoms with van der Waals surface area (Å²) in [5.74, 6) is 0.796. The first-order valence-corrected chi connectivity index (χ1v) is 8.83. The molecule has 1 atom stereocenters. The maximum atomic E-state index is 12.1. The average molecular weight is 319 g/mol. The lowest BCUT2D eigenvalue weighted by molar-refractivity contribution is -0.121. The Bertz CT molecular complexity index is 533. The van der Waals surface area contributed by atoms with Crippen LogP contribution in [0.3, 0.4) is 0 Å². The lowest BCUT2D eigenvalue weighted by Gasteiger charge is -2.32. The summed E-state index contributed by atoms with van der Waals surface area (Å²) in [5.41, 5.74) is 2.52. The largest absolute Gasteiger partial charge is 0.353 e. The van der Waals surface area contributed by atoms with Crippen LogP contribution >= 0.6 is 0 Å². The molecule has 1 aliphatic heterocycles. The van der Waals surface area contributed by atoms with Gasteiger partial charge in [-0.05, 0) is 37.8 Å². The molecule has 1 N–H and O–H groups in total. The number of nitrogens with zero attached hydrogens (tertiary/aromatic N) is 4. The van der Waals surface area contributed by atoms with Crippen molar-refractivity contribution in [3.05, 3.63) is 17.5 Å². The van der Waals surface area contributed by atoms with Gasteiger partial charge in [0.25, 0.3) is 0 Å². The summed E-state index contributed by atoms with van der Waals surface area (Å²) in [6.45, 7) is 8.70. The number of piperazine rings is 1. The third-order valence-electron chi connectivity index (χ3n) is 5.02. The predicted octanol–water partition coefficient (Wildman–Crippen LogP) is 0.372. The van der Waals surface area contributed by atoms with Gasteiger partial charge in [-0.15, -0.1) is 0 Å². The summed E-state index contributed by atoms with van der Waals surface area (Å²) in [6, 6.07) is 0. The van der Waals surface area contributed by atoms with E-state index in [0.29, 0.717) is 6.54 Å². The lowest BCUT2D eigenvalue weighted by atomic mass is 9.89. The van der Waals surface area contributed by atoms with Gasteiger partial charge in [0.15, 0.2) is 0 Å². The van der Waals surface area contributed by atoms with Crippen molar-refractivity contribution in [1.29, 1.82) is 0 Å². The Morgan fingerprint density at radius 3 is 2.91 bits per heavy atom. The highest BCUT2D eigenvalue weighted by atomic mass is 16.2. The number of likely N-dealkylation sites (N-methyl/N-ethyl adjacent to an activating group) is 1. The monoisotopic (exact) mass is 319 g/mol. The molecule has 128 valence electrons. The van der Waals surface area contributed by atoms with Crippen molar-refractivity contribution in [3.8, 4) is 0 Å². The number of aryl methyl sites for hydroxylation is 1. The first kappa shape index (κ1) is 16.5. The molecule has 0 bridgehead atoms. The fourth-order valence-electron chi connectivity index (χ4n) is 3.45. The predicted molar refractivity (Wildman–Crippen MR) is 90.4 cm³/mol. The third-order valence-corrected chi connectivity index (χ3v) is 5.02. The topological polar surface area (TPSA) is 53.4 Å². The number of carbonyl (C=O) groups excluding carboxylic acids is 1. The smallest absolute Gasteiger partial charge is 0.241 e. The van der Waals surface area contributed by atoms with Crippen LogP contribution in [0.25, 0.3) is 0 Å². The number of fused-ring (bicyclic) bond motifs is 1. The standard InChI is InChI=1S/C17H29N5O/c1-14-3-4-16-15(11-14)12-22(19-16)13-17(23)18-5-6-21-9-7-20(2)8-10-21/h12,14H,3-11,13H2,1-2H3,(H,18,23). The number of nitrogens with one attached hydrogen (secondary N) is 1. The zero-order chi connectivity index (χ0) is 16.2. The van der Waals surface area contributed by atoms with Gasteiger partial charge in [0.05, 0.1) is 5.69 Å². The number of hydrogen-bond acceptors (Lipinski definition) is 4. The van der Waals surface area contributed by atoms with Gasteiger partial charge < -0.3 is 10.2 Å². The molecule has 23 heavy (non-hydrogen) atoms. The maximum absolute atomic E-state index is 12.1. The van der Waals surface area contributed by atoms with Crippen LogP contribution in [0, 0.1) is 5.92 Å². The van der Waals surface area contributed by atoms with Gasteiger partial charge in [0, 0.05) is 45.5 Å². The van der Waals surface area contributed by atoms with Crippen molar-refractivity contribution in [1.82, 2.24) is 24.9 Å². The Hall–Kier alpha value is -1.40. The van der Waals surface area contributed by atoms with E-state index >= 15 is 0 Å². The Morgan fingerprint density at radius 2 is 2.13 bits per heavy atom. The van der Waals surface area contributed by atoms with Crippen LogP contribution in [0.5, 0.6) is 0 Å². The molecule has 0 radical (unpaired) electrons. The number of aromatic nitrogens is 2. The molecule has 1 amide bonds. The van der Waals surface area contributed by atoms with Gasteiger partial charge in [0.2, 0.25) is 5.91 Å². The van der Waals surface area contributed by atoms with Crippen LogP contribution in [-0.2, 0) is 24.2 Å². The summed E-state index contributed by atoms with van der Waals surface area (Å²) >= 11 is 0. The lowest BCUT2D eigenvalue weighted by Crippen LogP contribution is -2.47. The average Bonchev–Trinajstić information content (AvgIpc) is 2.90. The molecule has 1 aliphatic carbocycles. The molecular formula is C17H29N5O. The second kappa shape index (κ2) is 7.45. The zero-order valence-corrected chi connectivity index (χ0v) is 14.4. The molecule has 1 aromatic heterocycles. The molecule has 1 aromatic rings. The summed E-state index contributed by atoms with van der Waals surface area (Å²) in [7, 11) is 2.16. The molecule has 2 aliphatic rings.